The van der Waals surface area contributed by atoms with Crippen LogP contribution in [0.4, 0.5) is 23.1 Å². The van der Waals surface area contributed by atoms with E-state index in [1.807, 2.05) is 55.6 Å². The second-order valence-electron chi connectivity index (χ2n) is 5.67. The quantitative estimate of drug-likeness (QED) is 0.508. The number of nitrogens with one attached hydrogen (secondary N) is 2. The van der Waals surface area contributed by atoms with Crippen LogP contribution in [-0.4, -0.2) is 19.7 Å². The summed E-state index contributed by atoms with van der Waals surface area (Å²) in [5, 5.41) is 12.9. The Morgan fingerprint density at radius 1 is 0.885 bits per heavy atom. The van der Waals surface area contributed by atoms with Crippen LogP contribution < -0.4 is 10.6 Å². The van der Waals surface area contributed by atoms with Gasteiger partial charge in [-0.1, -0.05) is 29.3 Å². The van der Waals surface area contributed by atoms with Gasteiger partial charge in [0.25, 0.3) is 0 Å². The molecule has 0 saturated heterocycles. The molecule has 130 valence electrons. The summed E-state index contributed by atoms with van der Waals surface area (Å²) in [5.74, 6) is 1.09. The van der Waals surface area contributed by atoms with Crippen LogP contribution in [-0.2, 0) is 7.05 Å². The van der Waals surface area contributed by atoms with E-state index in [4.69, 9.17) is 23.2 Å². The zero-order valence-electron chi connectivity index (χ0n) is 13.7. The number of nitrogens with zero attached hydrogens (tertiary/aromatic N) is 4. The largest absolute Gasteiger partial charge is 0.339 e. The van der Waals surface area contributed by atoms with E-state index >= 15 is 0 Å². The van der Waals surface area contributed by atoms with Crippen molar-refractivity contribution in [3.05, 3.63) is 64.8 Å². The highest BCUT2D eigenvalue weighted by Crippen LogP contribution is 2.27. The Hall–Kier alpha value is -2.83. The lowest BCUT2D eigenvalue weighted by Crippen LogP contribution is -2.03. The molecule has 0 atom stereocenters. The molecule has 4 aromatic rings. The van der Waals surface area contributed by atoms with Crippen molar-refractivity contribution in [2.75, 3.05) is 10.6 Å². The van der Waals surface area contributed by atoms with Crippen molar-refractivity contribution in [3.8, 4) is 0 Å². The second kappa shape index (κ2) is 6.82. The average Bonchev–Trinajstić information content (AvgIpc) is 2.98. The highest BCUT2D eigenvalue weighted by atomic mass is 35.5. The molecule has 0 radical (unpaired) electrons. The molecule has 0 fully saturated rings. The molecule has 2 N–H and O–H groups in total. The molecule has 0 amide bonds. The second-order valence-corrected chi connectivity index (χ2v) is 6.54. The van der Waals surface area contributed by atoms with Crippen molar-refractivity contribution < 1.29 is 0 Å². The van der Waals surface area contributed by atoms with Gasteiger partial charge in [-0.25, -0.2) is 0 Å². The first-order chi connectivity index (χ1) is 12.6. The Kier molecular flexibility index (Phi) is 4.36. The van der Waals surface area contributed by atoms with Crippen LogP contribution in [0.2, 0.25) is 10.0 Å². The molecule has 2 aromatic carbocycles. The number of rotatable bonds is 4. The molecule has 0 saturated carbocycles. The van der Waals surface area contributed by atoms with Crippen LogP contribution >= 0.6 is 23.2 Å². The first kappa shape index (κ1) is 16.6. The molecule has 2 aromatic heterocycles. The molecule has 8 heteroatoms. The molecular weight excluding hydrogens is 371 g/mol. The smallest absolute Gasteiger partial charge is 0.231 e. The Morgan fingerprint density at radius 2 is 1.69 bits per heavy atom. The summed E-state index contributed by atoms with van der Waals surface area (Å²) < 4.78 is 1.70. The Balaban J connectivity index is 1.74. The lowest BCUT2D eigenvalue weighted by atomic mass is 10.3. The molecule has 6 nitrogen and oxygen atoms in total. The van der Waals surface area contributed by atoms with Crippen molar-refractivity contribution in [1.29, 1.82) is 0 Å². The van der Waals surface area contributed by atoms with E-state index < -0.39 is 0 Å². The number of anilines is 4. The van der Waals surface area contributed by atoms with E-state index in [1.54, 1.807) is 10.9 Å². The number of benzene rings is 2. The van der Waals surface area contributed by atoms with Crippen LogP contribution in [0.3, 0.4) is 0 Å². The Labute approximate surface area is 159 Å². The number of hydrogen-bond donors (Lipinski definition) is 2. The van der Waals surface area contributed by atoms with Gasteiger partial charge in [-0.05, 0) is 42.5 Å². The highest BCUT2D eigenvalue weighted by Gasteiger charge is 2.12. The van der Waals surface area contributed by atoms with Crippen molar-refractivity contribution in [1.82, 2.24) is 19.7 Å². The van der Waals surface area contributed by atoms with Crippen LogP contribution in [0, 0.1) is 0 Å². The van der Waals surface area contributed by atoms with Gasteiger partial charge < -0.3 is 10.6 Å². The monoisotopic (exact) mass is 384 g/mol. The summed E-state index contributed by atoms with van der Waals surface area (Å²) in [4.78, 5) is 9.14. The molecule has 26 heavy (non-hydrogen) atoms. The summed E-state index contributed by atoms with van der Waals surface area (Å²) >= 11 is 12.0. The van der Waals surface area contributed by atoms with Gasteiger partial charge in [0, 0.05) is 28.5 Å². The van der Waals surface area contributed by atoms with Crippen LogP contribution in [0.1, 0.15) is 0 Å². The Morgan fingerprint density at radius 3 is 2.46 bits per heavy atom. The van der Waals surface area contributed by atoms with Gasteiger partial charge in [-0.2, -0.15) is 15.1 Å². The molecule has 0 unspecified atom stereocenters. The third-order valence-corrected chi connectivity index (χ3v) is 4.27. The van der Waals surface area contributed by atoms with Gasteiger partial charge in [0.2, 0.25) is 5.95 Å². The van der Waals surface area contributed by atoms with E-state index in [0.29, 0.717) is 27.5 Å². The van der Waals surface area contributed by atoms with Gasteiger partial charge in [0.15, 0.2) is 5.65 Å². The molecule has 4 rings (SSSR count). The molecule has 0 bridgehead atoms. The average molecular weight is 385 g/mol. The molecule has 0 aliphatic heterocycles. The highest BCUT2D eigenvalue weighted by molar-refractivity contribution is 6.31. The zero-order chi connectivity index (χ0) is 18.1. The van der Waals surface area contributed by atoms with E-state index in [0.717, 1.165) is 16.8 Å². The van der Waals surface area contributed by atoms with Crippen molar-refractivity contribution in [2.45, 2.75) is 0 Å². The normalized spacial score (nSPS) is 10.9. The molecule has 2 heterocycles. The summed E-state index contributed by atoms with van der Waals surface area (Å²) in [6, 6.07) is 14.8. The maximum atomic E-state index is 6.05. The summed E-state index contributed by atoms with van der Waals surface area (Å²) in [6.45, 7) is 0. The maximum Gasteiger partial charge on any atom is 0.231 e. The summed E-state index contributed by atoms with van der Waals surface area (Å²) in [6.07, 6.45) is 1.73. The van der Waals surface area contributed by atoms with Gasteiger partial charge in [-0.3, -0.25) is 4.68 Å². The fraction of sp³-hybridized carbons (Fsp3) is 0.0556. The van der Waals surface area contributed by atoms with Crippen LogP contribution in [0.15, 0.2) is 54.7 Å². The fourth-order valence-corrected chi connectivity index (χ4v) is 2.85. The third kappa shape index (κ3) is 3.42. The van der Waals surface area contributed by atoms with Crippen molar-refractivity contribution in [2.24, 2.45) is 7.05 Å². The fourth-order valence-electron chi connectivity index (χ4n) is 2.54. The standard InChI is InChI=1S/C18H14Cl2N6/c1-26-17-15(10-21-26)16(22-13-7-5-11(19)6-8-13)24-18(25-17)23-14-4-2-3-12(20)9-14/h2-10H,1H3,(H2,22,23,24,25). The number of fused-ring (bicyclic) bond motifs is 1. The molecular formula is C18H14Cl2N6. The molecule has 0 aliphatic carbocycles. The lowest BCUT2D eigenvalue weighted by molar-refractivity contribution is 0.786. The van der Waals surface area contributed by atoms with E-state index in [-0.39, 0.29) is 0 Å². The topological polar surface area (TPSA) is 67.7 Å². The summed E-state index contributed by atoms with van der Waals surface area (Å²) in [5.41, 5.74) is 2.38. The van der Waals surface area contributed by atoms with Crippen molar-refractivity contribution in [3.63, 3.8) is 0 Å². The first-order valence-corrected chi connectivity index (χ1v) is 8.59. The van der Waals surface area contributed by atoms with Gasteiger partial charge in [-0.15, -0.1) is 0 Å². The molecule has 0 spiro atoms. The lowest BCUT2D eigenvalue weighted by Gasteiger charge is -2.10. The predicted molar refractivity (Wildman–Crippen MR) is 106 cm³/mol. The van der Waals surface area contributed by atoms with E-state index in [1.165, 1.54) is 0 Å². The minimum Gasteiger partial charge on any atom is -0.339 e. The summed E-state index contributed by atoms with van der Waals surface area (Å²) in [7, 11) is 1.84. The molecule has 0 aliphatic rings. The third-order valence-electron chi connectivity index (χ3n) is 3.78. The maximum absolute atomic E-state index is 6.05. The van der Waals surface area contributed by atoms with E-state index in [9.17, 15) is 0 Å². The van der Waals surface area contributed by atoms with Crippen LogP contribution in [0.25, 0.3) is 11.0 Å². The van der Waals surface area contributed by atoms with Gasteiger partial charge >= 0.3 is 0 Å². The minimum absolute atomic E-state index is 0.444. The number of aromatic nitrogens is 4. The first-order valence-electron chi connectivity index (χ1n) is 7.83. The van der Waals surface area contributed by atoms with Crippen LogP contribution in [0.5, 0.6) is 0 Å². The predicted octanol–water partition coefficient (Wildman–Crippen LogP) is 5.16. The van der Waals surface area contributed by atoms with E-state index in [2.05, 4.69) is 25.7 Å². The van der Waals surface area contributed by atoms with Gasteiger partial charge in [0.05, 0.1) is 11.6 Å². The number of halogens is 2. The minimum atomic E-state index is 0.444. The number of aryl methyl sites for hydroxylation is 1. The Bertz CT molecular complexity index is 1070. The zero-order valence-corrected chi connectivity index (χ0v) is 15.3. The van der Waals surface area contributed by atoms with Crippen molar-refractivity contribution >= 4 is 57.4 Å². The van der Waals surface area contributed by atoms with Gasteiger partial charge in [0.1, 0.15) is 5.82 Å². The SMILES string of the molecule is Cn1ncc2c(Nc3ccc(Cl)cc3)nc(Nc3cccc(Cl)c3)nc21. The number of hydrogen-bond acceptors (Lipinski definition) is 5.